The van der Waals surface area contributed by atoms with Gasteiger partial charge < -0.3 is 10.2 Å². The van der Waals surface area contributed by atoms with Crippen LogP contribution in [-0.4, -0.2) is 40.6 Å². The molecule has 6 nitrogen and oxygen atoms in total. The van der Waals surface area contributed by atoms with Crippen molar-refractivity contribution in [3.05, 3.63) is 47.8 Å². The van der Waals surface area contributed by atoms with Crippen molar-refractivity contribution in [3.63, 3.8) is 0 Å². The lowest BCUT2D eigenvalue weighted by Crippen LogP contribution is -2.23. The maximum atomic E-state index is 11.9. The van der Waals surface area contributed by atoms with Crippen LogP contribution >= 0.6 is 0 Å². The van der Waals surface area contributed by atoms with E-state index >= 15 is 0 Å². The molecule has 1 heterocycles. The molecule has 1 aliphatic carbocycles. The normalized spacial score (nSPS) is 13.7. The smallest absolute Gasteiger partial charge is 0.253 e. The number of carbonyl (C=O) groups excluding carboxylic acids is 2. The van der Waals surface area contributed by atoms with E-state index in [1.54, 1.807) is 42.0 Å². The summed E-state index contributed by atoms with van der Waals surface area (Å²) >= 11 is 0. The average Bonchev–Trinajstić information content (AvgIpc) is 3.30. The van der Waals surface area contributed by atoms with Gasteiger partial charge in [-0.3, -0.25) is 9.59 Å². The van der Waals surface area contributed by atoms with Crippen molar-refractivity contribution >= 4 is 11.8 Å². The number of nitrogens with zero attached hydrogens (tertiary/aromatic N) is 3. The van der Waals surface area contributed by atoms with Crippen LogP contribution in [0.25, 0.3) is 5.69 Å². The Morgan fingerprint density at radius 2 is 1.96 bits per heavy atom. The van der Waals surface area contributed by atoms with Gasteiger partial charge in [-0.25, -0.2) is 4.68 Å². The molecule has 1 aromatic heterocycles. The molecule has 120 valence electrons. The van der Waals surface area contributed by atoms with Gasteiger partial charge >= 0.3 is 0 Å². The van der Waals surface area contributed by atoms with Crippen LogP contribution in [-0.2, 0) is 11.3 Å². The molecule has 3 rings (SSSR count). The van der Waals surface area contributed by atoms with Gasteiger partial charge in [0.25, 0.3) is 5.91 Å². The topological polar surface area (TPSA) is 67.2 Å². The van der Waals surface area contributed by atoms with E-state index in [4.69, 9.17) is 0 Å². The summed E-state index contributed by atoms with van der Waals surface area (Å²) in [5, 5.41) is 7.22. The van der Waals surface area contributed by atoms with Crippen molar-refractivity contribution < 1.29 is 9.59 Å². The molecule has 2 amide bonds. The van der Waals surface area contributed by atoms with E-state index < -0.39 is 0 Å². The molecule has 0 unspecified atom stereocenters. The highest BCUT2D eigenvalue weighted by Gasteiger charge is 2.29. The van der Waals surface area contributed by atoms with Gasteiger partial charge in [-0.15, -0.1) is 0 Å². The fraction of sp³-hybridized carbons (Fsp3) is 0.353. The number of aromatic nitrogens is 2. The molecule has 23 heavy (non-hydrogen) atoms. The minimum atomic E-state index is -0.0273. The van der Waals surface area contributed by atoms with E-state index in [1.165, 1.54) is 0 Å². The zero-order valence-corrected chi connectivity index (χ0v) is 13.3. The van der Waals surface area contributed by atoms with E-state index in [2.05, 4.69) is 10.4 Å². The number of carbonyl (C=O) groups is 2. The van der Waals surface area contributed by atoms with Crippen LogP contribution < -0.4 is 5.32 Å². The monoisotopic (exact) mass is 312 g/mol. The largest absolute Gasteiger partial charge is 0.352 e. The third-order valence-electron chi connectivity index (χ3n) is 3.84. The molecule has 0 spiro atoms. The van der Waals surface area contributed by atoms with Crippen LogP contribution in [0.4, 0.5) is 0 Å². The van der Waals surface area contributed by atoms with E-state index in [9.17, 15) is 9.59 Å². The number of benzene rings is 1. The van der Waals surface area contributed by atoms with Gasteiger partial charge in [0.05, 0.1) is 11.9 Å². The van der Waals surface area contributed by atoms with Crippen LogP contribution in [0.1, 0.15) is 28.8 Å². The molecular weight excluding hydrogens is 292 g/mol. The molecule has 0 atom stereocenters. The van der Waals surface area contributed by atoms with E-state index in [1.807, 2.05) is 18.3 Å². The number of amides is 2. The Balaban J connectivity index is 1.65. The third kappa shape index (κ3) is 3.59. The zero-order valence-electron chi connectivity index (χ0n) is 13.3. The molecule has 1 aromatic carbocycles. The van der Waals surface area contributed by atoms with Crippen LogP contribution in [0.5, 0.6) is 0 Å². The predicted octanol–water partition coefficient (Wildman–Crippen LogP) is 1.60. The Morgan fingerprint density at radius 3 is 2.57 bits per heavy atom. The lowest BCUT2D eigenvalue weighted by atomic mass is 10.2. The minimum absolute atomic E-state index is 0.0273. The highest BCUT2D eigenvalue weighted by atomic mass is 16.2. The SMILES string of the molecule is CN(C)C(=O)c1ccc(-n2cc(CNC(=O)C3CC3)cn2)cc1. The summed E-state index contributed by atoms with van der Waals surface area (Å²) in [6.07, 6.45) is 5.63. The summed E-state index contributed by atoms with van der Waals surface area (Å²) in [4.78, 5) is 25.1. The summed E-state index contributed by atoms with van der Waals surface area (Å²) in [7, 11) is 3.46. The molecule has 1 fully saturated rings. The Kier molecular flexibility index (Phi) is 4.14. The average molecular weight is 312 g/mol. The van der Waals surface area contributed by atoms with E-state index in [0.717, 1.165) is 24.1 Å². The van der Waals surface area contributed by atoms with E-state index in [-0.39, 0.29) is 17.7 Å². The van der Waals surface area contributed by atoms with Crippen molar-refractivity contribution in [3.8, 4) is 5.69 Å². The minimum Gasteiger partial charge on any atom is -0.352 e. The molecule has 0 saturated heterocycles. The maximum Gasteiger partial charge on any atom is 0.253 e. The molecule has 2 aromatic rings. The van der Waals surface area contributed by atoms with Crippen molar-refractivity contribution in [2.75, 3.05) is 14.1 Å². The van der Waals surface area contributed by atoms with Crippen molar-refractivity contribution in [1.29, 1.82) is 0 Å². The number of rotatable bonds is 5. The van der Waals surface area contributed by atoms with Gasteiger partial charge in [0.15, 0.2) is 0 Å². The zero-order chi connectivity index (χ0) is 16.4. The first-order chi connectivity index (χ1) is 11.0. The summed E-state index contributed by atoms with van der Waals surface area (Å²) in [5.41, 5.74) is 2.47. The van der Waals surface area contributed by atoms with Gasteiger partial charge in [-0.2, -0.15) is 5.10 Å². The van der Waals surface area contributed by atoms with Crippen molar-refractivity contribution in [1.82, 2.24) is 20.0 Å². The van der Waals surface area contributed by atoms with Gasteiger partial charge in [0.1, 0.15) is 0 Å². The Hall–Kier alpha value is -2.63. The standard InChI is InChI=1S/C17H20N4O2/c1-20(2)17(23)14-5-7-15(8-6-14)21-11-12(10-19-21)9-18-16(22)13-3-4-13/h5-8,10-11,13H,3-4,9H2,1-2H3,(H,18,22). The number of nitrogens with one attached hydrogen (secondary N) is 1. The van der Waals surface area contributed by atoms with Crippen LogP contribution in [0.15, 0.2) is 36.7 Å². The first kappa shape index (κ1) is 15.3. The lowest BCUT2D eigenvalue weighted by molar-refractivity contribution is -0.122. The van der Waals surface area contributed by atoms with Crippen LogP contribution in [0.2, 0.25) is 0 Å². The van der Waals surface area contributed by atoms with Gasteiger partial charge in [0.2, 0.25) is 5.91 Å². The number of hydrogen-bond acceptors (Lipinski definition) is 3. The third-order valence-corrected chi connectivity index (χ3v) is 3.84. The lowest BCUT2D eigenvalue weighted by Gasteiger charge is -2.10. The Labute approximate surface area is 135 Å². The molecule has 0 bridgehead atoms. The first-order valence-electron chi connectivity index (χ1n) is 7.68. The second kappa shape index (κ2) is 6.24. The van der Waals surface area contributed by atoms with Gasteiger partial charge in [-0.05, 0) is 37.1 Å². The van der Waals surface area contributed by atoms with Crippen molar-refractivity contribution in [2.24, 2.45) is 5.92 Å². The molecule has 0 aliphatic heterocycles. The molecule has 0 radical (unpaired) electrons. The molecule has 1 N–H and O–H groups in total. The second-order valence-electron chi connectivity index (χ2n) is 6.03. The fourth-order valence-electron chi connectivity index (χ4n) is 2.29. The van der Waals surface area contributed by atoms with E-state index in [0.29, 0.717) is 12.1 Å². The highest BCUT2D eigenvalue weighted by molar-refractivity contribution is 5.94. The van der Waals surface area contributed by atoms with Crippen LogP contribution in [0, 0.1) is 5.92 Å². The van der Waals surface area contributed by atoms with Gasteiger partial charge in [0, 0.05) is 43.9 Å². The first-order valence-corrected chi connectivity index (χ1v) is 7.68. The van der Waals surface area contributed by atoms with Crippen LogP contribution in [0.3, 0.4) is 0 Å². The molecular formula is C17H20N4O2. The fourth-order valence-corrected chi connectivity index (χ4v) is 2.29. The molecule has 6 heteroatoms. The summed E-state index contributed by atoms with van der Waals surface area (Å²) in [6, 6.07) is 7.29. The highest BCUT2D eigenvalue weighted by Crippen LogP contribution is 2.28. The van der Waals surface area contributed by atoms with Crippen molar-refractivity contribution in [2.45, 2.75) is 19.4 Å². The maximum absolute atomic E-state index is 11.9. The summed E-state index contributed by atoms with van der Waals surface area (Å²) < 4.78 is 1.74. The Bertz CT molecular complexity index is 714. The summed E-state index contributed by atoms with van der Waals surface area (Å²) in [6.45, 7) is 0.493. The van der Waals surface area contributed by atoms with Gasteiger partial charge in [-0.1, -0.05) is 0 Å². The Morgan fingerprint density at radius 1 is 1.26 bits per heavy atom. The molecule has 1 saturated carbocycles. The number of hydrogen-bond donors (Lipinski definition) is 1. The quantitative estimate of drug-likeness (QED) is 0.912. The predicted molar refractivity (Wildman–Crippen MR) is 86.2 cm³/mol. The molecule has 1 aliphatic rings. The summed E-state index contributed by atoms with van der Waals surface area (Å²) in [5.74, 6) is 0.316. The second-order valence-corrected chi connectivity index (χ2v) is 6.03.